The van der Waals surface area contributed by atoms with Crippen LogP contribution in [0.1, 0.15) is 35.4 Å². The van der Waals surface area contributed by atoms with E-state index in [1.165, 1.54) is 24.1 Å². The number of carboxylic acid groups (broad SMARTS) is 1. The molecule has 1 aliphatic heterocycles. The topological polar surface area (TPSA) is 125 Å². The summed E-state index contributed by atoms with van der Waals surface area (Å²) in [4.78, 5) is 24.4. The lowest BCUT2D eigenvalue weighted by molar-refractivity contribution is -0.0207. The van der Waals surface area contributed by atoms with Crippen molar-refractivity contribution in [2.24, 2.45) is 0 Å². The zero-order valence-corrected chi connectivity index (χ0v) is 26.8. The first kappa shape index (κ1) is 35.3. The Bertz CT molecular complexity index is 1420. The maximum absolute atomic E-state index is 14.0. The third-order valence-electron chi connectivity index (χ3n) is 7.84. The number of nitrogens with zero attached hydrogens (tertiary/aromatic N) is 1. The van der Waals surface area contributed by atoms with Gasteiger partial charge in [0.05, 0.1) is 53.3 Å². The largest absolute Gasteiger partial charge is 0.496 e. The Kier molecular flexibility index (Phi) is 13.9. The Morgan fingerprint density at radius 3 is 2.51 bits per heavy atom. The molecule has 0 spiro atoms. The zero-order valence-electron chi connectivity index (χ0n) is 26.8. The van der Waals surface area contributed by atoms with E-state index in [1.807, 2.05) is 48.5 Å². The zero-order chi connectivity index (χ0) is 33.4. The molecule has 2 unspecified atom stereocenters. The third-order valence-corrected chi connectivity index (χ3v) is 7.84. The number of nitrogens with one attached hydrogen (secondary N) is 1. The van der Waals surface area contributed by atoms with Crippen LogP contribution in [-0.2, 0) is 27.2 Å². The Hall–Kier alpha value is -4.55. The summed E-state index contributed by atoms with van der Waals surface area (Å²) >= 11 is 0. The molecule has 3 aromatic carbocycles. The number of hydrogen-bond acceptors (Lipinski definition) is 8. The molecule has 0 saturated carbocycles. The predicted octanol–water partition coefficient (Wildman–Crippen LogP) is 5.65. The molecule has 2 atom stereocenters. The Labute approximate surface area is 274 Å². The Morgan fingerprint density at radius 2 is 1.74 bits per heavy atom. The maximum atomic E-state index is 14.0. The molecule has 1 saturated heterocycles. The summed E-state index contributed by atoms with van der Waals surface area (Å²) in [7, 11) is 2.92. The van der Waals surface area contributed by atoms with Crippen LogP contribution in [0.2, 0.25) is 0 Å². The van der Waals surface area contributed by atoms with Gasteiger partial charge in [-0.3, -0.25) is 0 Å². The van der Waals surface area contributed by atoms with Gasteiger partial charge in [0.25, 0.3) is 0 Å². The number of amides is 2. The molecule has 1 aliphatic rings. The Balaban J connectivity index is 1.25. The smallest absolute Gasteiger partial charge is 0.407 e. The fourth-order valence-corrected chi connectivity index (χ4v) is 5.40. The standard InChI is InChI=1S/C35H43FN2O9/c1-42-31-7-4-3-6-27(31)24-44-18-5-19-45-29-12-9-25(10-13-29)30-15-17-38(35(40)41)23-33(30)47-21-20-46-32-22-28(36)11-8-26(32)14-16-37-34(39)43-2/h3-4,6-13,22,30,33H,5,14-21,23-24H2,1-2H3,(H,37,39)(H,40,41). The van der Waals surface area contributed by atoms with E-state index in [0.717, 1.165) is 34.6 Å². The van der Waals surface area contributed by atoms with Gasteiger partial charge in [0.2, 0.25) is 0 Å². The Morgan fingerprint density at radius 1 is 0.936 bits per heavy atom. The minimum absolute atomic E-state index is 0.0304. The molecule has 2 amide bonds. The number of carbonyl (C=O) groups excluding carboxylic acids is 1. The van der Waals surface area contributed by atoms with Crippen molar-refractivity contribution >= 4 is 12.2 Å². The summed E-state index contributed by atoms with van der Waals surface area (Å²) in [5.41, 5.74) is 2.75. The van der Waals surface area contributed by atoms with Crippen LogP contribution in [0.3, 0.4) is 0 Å². The molecular formula is C35H43FN2O9. The fraction of sp³-hybridized carbons (Fsp3) is 0.429. The number of carbonyl (C=O) groups is 2. The highest BCUT2D eigenvalue weighted by atomic mass is 19.1. The van der Waals surface area contributed by atoms with Crippen LogP contribution in [-0.4, -0.2) is 88.6 Å². The molecule has 11 nitrogen and oxygen atoms in total. The highest BCUT2D eigenvalue weighted by Gasteiger charge is 2.33. The lowest BCUT2D eigenvalue weighted by Gasteiger charge is -2.37. The number of halogens is 1. The molecule has 254 valence electrons. The minimum Gasteiger partial charge on any atom is -0.496 e. The second-order valence-corrected chi connectivity index (χ2v) is 10.9. The molecule has 47 heavy (non-hydrogen) atoms. The first-order chi connectivity index (χ1) is 22.9. The van der Waals surface area contributed by atoms with E-state index < -0.39 is 24.1 Å². The van der Waals surface area contributed by atoms with Gasteiger partial charge in [0, 0.05) is 37.1 Å². The molecule has 3 aromatic rings. The second-order valence-electron chi connectivity index (χ2n) is 10.9. The van der Waals surface area contributed by atoms with Crippen LogP contribution in [0.15, 0.2) is 66.7 Å². The van der Waals surface area contributed by atoms with Gasteiger partial charge in [-0.25, -0.2) is 14.0 Å². The monoisotopic (exact) mass is 654 g/mol. The number of likely N-dealkylation sites (tertiary alicyclic amines) is 1. The molecule has 12 heteroatoms. The number of benzene rings is 3. The molecule has 0 aliphatic carbocycles. The minimum atomic E-state index is -0.992. The molecule has 2 N–H and O–H groups in total. The van der Waals surface area contributed by atoms with E-state index in [0.29, 0.717) is 51.5 Å². The summed E-state index contributed by atoms with van der Waals surface area (Å²) in [6, 6.07) is 19.8. The van der Waals surface area contributed by atoms with Gasteiger partial charge >= 0.3 is 12.2 Å². The number of hydrogen-bond donors (Lipinski definition) is 2. The number of piperidine rings is 1. The summed E-state index contributed by atoms with van der Waals surface area (Å²) in [5, 5.41) is 12.2. The van der Waals surface area contributed by atoms with Gasteiger partial charge in [-0.15, -0.1) is 0 Å². The molecule has 4 rings (SSSR count). The summed E-state index contributed by atoms with van der Waals surface area (Å²) in [5.74, 6) is 1.42. The highest BCUT2D eigenvalue weighted by molar-refractivity contribution is 5.66. The molecule has 1 heterocycles. The van der Waals surface area contributed by atoms with Crippen LogP contribution in [0, 0.1) is 5.82 Å². The van der Waals surface area contributed by atoms with Crippen LogP contribution < -0.4 is 19.5 Å². The average molecular weight is 655 g/mol. The van der Waals surface area contributed by atoms with E-state index >= 15 is 0 Å². The number of ether oxygens (including phenoxy) is 6. The molecule has 0 bridgehead atoms. The predicted molar refractivity (Wildman–Crippen MR) is 172 cm³/mol. The third kappa shape index (κ3) is 11.0. The van der Waals surface area contributed by atoms with Gasteiger partial charge in [0.1, 0.15) is 29.7 Å². The average Bonchev–Trinajstić information content (AvgIpc) is 3.09. The molecular weight excluding hydrogens is 611 g/mol. The van der Waals surface area contributed by atoms with Crippen LogP contribution in [0.5, 0.6) is 17.2 Å². The molecule has 1 fully saturated rings. The van der Waals surface area contributed by atoms with Crippen molar-refractivity contribution in [1.29, 1.82) is 0 Å². The van der Waals surface area contributed by atoms with E-state index in [1.54, 1.807) is 13.2 Å². The highest BCUT2D eigenvalue weighted by Crippen LogP contribution is 2.32. The van der Waals surface area contributed by atoms with Crippen LogP contribution >= 0.6 is 0 Å². The van der Waals surface area contributed by atoms with E-state index in [2.05, 4.69) is 10.1 Å². The van der Waals surface area contributed by atoms with Gasteiger partial charge in [0.15, 0.2) is 0 Å². The fourth-order valence-electron chi connectivity index (χ4n) is 5.40. The quantitative estimate of drug-likeness (QED) is 0.178. The molecule has 0 radical (unpaired) electrons. The van der Waals surface area contributed by atoms with Crippen molar-refractivity contribution in [2.45, 2.75) is 37.9 Å². The maximum Gasteiger partial charge on any atom is 0.407 e. The second kappa shape index (κ2) is 18.6. The van der Waals surface area contributed by atoms with Gasteiger partial charge in [-0.2, -0.15) is 0 Å². The number of methoxy groups -OCH3 is 2. The van der Waals surface area contributed by atoms with Crippen LogP contribution in [0.4, 0.5) is 14.0 Å². The van der Waals surface area contributed by atoms with Crippen molar-refractivity contribution in [3.8, 4) is 17.2 Å². The van der Waals surface area contributed by atoms with Gasteiger partial charge < -0.3 is 43.7 Å². The first-order valence-corrected chi connectivity index (χ1v) is 15.6. The number of rotatable bonds is 17. The van der Waals surface area contributed by atoms with E-state index in [-0.39, 0.29) is 25.7 Å². The van der Waals surface area contributed by atoms with Crippen molar-refractivity contribution in [2.75, 3.05) is 60.3 Å². The number of alkyl carbamates (subject to hydrolysis) is 1. The van der Waals surface area contributed by atoms with Crippen molar-refractivity contribution < 1.29 is 47.5 Å². The van der Waals surface area contributed by atoms with E-state index in [9.17, 15) is 19.1 Å². The number of para-hydroxylation sites is 1. The van der Waals surface area contributed by atoms with Gasteiger partial charge in [-0.1, -0.05) is 36.4 Å². The first-order valence-electron chi connectivity index (χ1n) is 15.6. The SMILES string of the molecule is COC(=O)NCCc1ccc(F)cc1OCCOC1CN(C(=O)O)CCC1c1ccc(OCCCOCc2ccccc2OC)cc1. The summed E-state index contributed by atoms with van der Waals surface area (Å²) in [6.45, 7) is 2.74. The normalized spacial score (nSPS) is 15.9. The lowest BCUT2D eigenvalue weighted by Crippen LogP contribution is -2.46. The summed E-state index contributed by atoms with van der Waals surface area (Å²) < 4.78 is 47.6. The van der Waals surface area contributed by atoms with Crippen LogP contribution in [0.25, 0.3) is 0 Å². The summed E-state index contributed by atoms with van der Waals surface area (Å²) in [6.07, 6.45) is -0.195. The molecule has 0 aromatic heterocycles. The van der Waals surface area contributed by atoms with Crippen molar-refractivity contribution in [3.05, 3.63) is 89.2 Å². The van der Waals surface area contributed by atoms with Crippen molar-refractivity contribution in [1.82, 2.24) is 10.2 Å². The van der Waals surface area contributed by atoms with E-state index in [4.69, 9.17) is 23.7 Å². The van der Waals surface area contributed by atoms with Gasteiger partial charge in [-0.05, 0) is 48.2 Å². The lowest BCUT2D eigenvalue weighted by atomic mass is 9.87. The van der Waals surface area contributed by atoms with Crippen molar-refractivity contribution in [3.63, 3.8) is 0 Å².